The van der Waals surface area contributed by atoms with Crippen molar-refractivity contribution in [2.45, 2.75) is 6.10 Å². The molecule has 0 aromatic heterocycles. The minimum absolute atomic E-state index is 0.190. The topological polar surface area (TPSA) is 29.5 Å². The molecule has 0 radical (unpaired) electrons. The van der Waals surface area contributed by atoms with E-state index >= 15 is 0 Å². The molecule has 0 saturated heterocycles. The van der Waals surface area contributed by atoms with Crippen LogP contribution < -0.4 is 4.74 Å². The first kappa shape index (κ1) is 14.3. The molecule has 0 aliphatic rings. The third-order valence-corrected chi connectivity index (χ3v) is 3.68. The molecule has 2 rings (SSSR count). The van der Waals surface area contributed by atoms with Crippen molar-refractivity contribution in [3.8, 4) is 5.75 Å². The van der Waals surface area contributed by atoms with Crippen LogP contribution in [0, 0.1) is 5.82 Å². The van der Waals surface area contributed by atoms with Gasteiger partial charge in [-0.2, -0.15) is 0 Å². The lowest BCUT2D eigenvalue weighted by Crippen LogP contribution is -2.03. The third kappa shape index (κ3) is 2.91. The Balaban J connectivity index is 2.41. The zero-order valence-electron chi connectivity index (χ0n) is 10.0. The summed E-state index contributed by atoms with van der Waals surface area (Å²) < 4.78 is 19.3. The molecule has 19 heavy (non-hydrogen) atoms. The van der Waals surface area contributed by atoms with E-state index in [4.69, 9.17) is 16.3 Å². The third-order valence-electron chi connectivity index (χ3n) is 2.77. The highest BCUT2D eigenvalue weighted by molar-refractivity contribution is 9.10. The standard InChI is InChI=1S/C14H11BrClFO2/c1-19-12-6-5-8(7-11(12)16)14(18)9-3-2-4-10(15)13(9)17/h2-7,14,18H,1H3. The van der Waals surface area contributed by atoms with Crippen molar-refractivity contribution in [1.29, 1.82) is 0 Å². The Morgan fingerprint density at radius 3 is 2.68 bits per heavy atom. The van der Waals surface area contributed by atoms with E-state index in [1.54, 1.807) is 30.3 Å². The molecule has 0 amide bonds. The van der Waals surface area contributed by atoms with Crippen molar-refractivity contribution in [1.82, 2.24) is 0 Å². The number of ether oxygens (including phenoxy) is 1. The van der Waals surface area contributed by atoms with E-state index in [0.29, 0.717) is 20.8 Å². The highest BCUT2D eigenvalue weighted by Gasteiger charge is 2.17. The molecule has 0 heterocycles. The van der Waals surface area contributed by atoms with Crippen LogP contribution in [0.1, 0.15) is 17.2 Å². The second-order valence-electron chi connectivity index (χ2n) is 3.94. The molecule has 2 aromatic carbocycles. The fourth-order valence-corrected chi connectivity index (χ4v) is 2.41. The number of rotatable bonds is 3. The van der Waals surface area contributed by atoms with Crippen molar-refractivity contribution >= 4 is 27.5 Å². The quantitative estimate of drug-likeness (QED) is 0.897. The summed E-state index contributed by atoms with van der Waals surface area (Å²) in [6.45, 7) is 0. The molecule has 0 saturated carbocycles. The van der Waals surface area contributed by atoms with Gasteiger partial charge in [-0.25, -0.2) is 4.39 Å². The fraction of sp³-hybridized carbons (Fsp3) is 0.143. The van der Waals surface area contributed by atoms with Crippen molar-refractivity contribution < 1.29 is 14.2 Å². The SMILES string of the molecule is COc1ccc(C(O)c2cccc(Br)c2F)cc1Cl. The Labute approximate surface area is 123 Å². The van der Waals surface area contributed by atoms with Crippen molar-refractivity contribution in [3.05, 3.63) is 62.8 Å². The summed E-state index contributed by atoms with van der Waals surface area (Å²) in [5.41, 5.74) is 0.693. The summed E-state index contributed by atoms with van der Waals surface area (Å²) in [5, 5.41) is 10.6. The summed E-state index contributed by atoms with van der Waals surface area (Å²) in [4.78, 5) is 0. The van der Waals surface area contributed by atoms with Gasteiger partial charge in [0.05, 0.1) is 16.6 Å². The molecule has 0 aliphatic carbocycles. The predicted molar refractivity (Wildman–Crippen MR) is 76.2 cm³/mol. The van der Waals surface area contributed by atoms with Gasteiger partial charge < -0.3 is 9.84 Å². The van der Waals surface area contributed by atoms with Crippen molar-refractivity contribution in [2.24, 2.45) is 0 Å². The van der Waals surface area contributed by atoms with Crippen LogP contribution in [0.4, 0.5) is 4.39 Å². The summed E-state index contributed by atoms with van der Waals surface area (Å²) >= 11 is 9.09. The number of benzene rings is 2. The number of hydrogen-bond donors (Lipinski definition) is 1. The molecule has 0 spiro atoms. The summed E-state index contributed by atoms with van der Waals surface area (Å²) in [5.74, 6) is 0.0225. The first-order chi connectivity index (χ1) is 9.04. The summed E-state index contributed by atoms with van der Waals surface area (Å²) in [6.07, 6.45) is -1.08. The van der Waals surface area contributed by atoms with Crippen molar-refractivity contribution in [2.75, 3.05) is 7.11 Å². The average Bonchev–Trinajstić information content (AvgIpc) is 2.41. The van der Waals surface area contributed by atoms with Gasteiger partial charge in [-0.1, -0.05) is 29.8 Å². The Hall–Kier alpha value is -1.10. The van der Waals surface area contributed by atoms with Gasteiger partial charge in [0.1, 0.15) is 17.7 Å². The lowest BCUT2D eigenvalue weighted by molar-refractivity contribution is 0.214. The van der Waals surface area contributed by atoms with Crippen LogP contribution in [0.2, 0.25) is 5.02 Å². The lowest BCUT2D eigenvalue weighted by Gasteiger charge is -2.14. The van der Waals surface area contributed by atoms with Gasteiger partial charge in [-0.05, 0) is 39.7 Å². The molecule has 2 nitrogen and oxygen atoms in total. The first-order valence-corrected chi connectivity index (χ1v) is 6.67. The van der Waals surface area contributed by atoms with Gasteiger partial charge in [-0.15, -0.1) is 0 Å². The monoisotopic (exact) mass is 344 g/mol. The fourth-order valence-electron chi connectivity index (χ4n) is 1.76. The minimum Gasteiger partial charge on any atom is -0.495 e. The molecule has 0 bridgehead atoms. The predicted octanol–water partition coefficient (Wildman–Crippen LogP) is 4.33. The minimum atomic E-state index is -1.08. The van der Waals surface area contributed by atoms with Crippen LogP contribution in [0.15, 0.2) is 40.9 Å². The Bertz CT molecular complexity index is 604. The molecule has 100 valence electrons. The van der Waals surface area contributed by atoms with Crippen LogP contribution in [-0.2, 0) is 0 Å². The van der Waals surface area contributed by atoms with E-state index in [1.165, 1.54) is 13.2 Å². The van der Waals surface area contributed by atoms with Crippen LogP contribution in [0.5, 0.6) is 5.75 Å². The summed E-state index contributed by atoms with van der Waals surface area (Å²) in [7, 11) is 1.51. The molecule has 5 heteroatoms. The van der Waals surface area contributed by atoms with E-state index in [-0.39, 0.29) is 5.56 Å². The highest BCUT2D eigenvalue weighted by atomic mass is 79.9. The van der Waals surface area contributed by atoms with E-state index < -0.39 is 11.9 Å². The Kier molecular flexibility index (Phi) is 4.45. The van der Waals surface area contributed by atoms with Crippen LogP contribution in [-0.4, -0.2) is 12.2 Å². The molecule has 0 aliphatic heterocycles. The maximum absolute atomic E-state index is 13.9. The van der Waals surface area contributed by atoms with Gasteiger partial charge in [-0.3, -0.25) is 0 Å². The molecule has 1 atom stereocenters. The second-order valence-corrected chi connectivity index (χ2v) is 5.20. The van der Waals surface area contributed by atoms with Gasteiger partial charge in [0.25, 0.3) is 0 Å². The number of halogens is 3. The largest absolute Gasteiger partial charge is 0.495 e. The first-order valence-electron chi connectivity index (χ1n) is 5.50. The molecule has 1 N–H and O–H groups in total. The van der Waals surface area contributed by atoms with E-state index in [9.17, 15) is 9.50 Å². The molecule has 1 unspecified atom stereocenters. The normalized spacial score (nSPS) is 12.3. The van der Waals surface area contributed by atoms with Gasteiger partial charge in [0.2, 0.25) is 0 Å². The van der Waals surface area contributed by atoms with Crippen LogP contribution in [0.25, 0.3) is 0 Å². The van der Waals surface area contributed by atoms with Gasteiger partial charge >= 0.3 is 0 Å². The van der Waals surface area contributed by atoms with Crippen LogP contribution in [0.3, 0.4) is 0 Å². The number of aliphatic hydroxyl groups is 1. The lowest BCUT2D eigenvalue weighted by atomic mass is 10.0. The Morgan fingerprint density at radius 1 is 1.32 bits per heavy atom. The van der Waals surface area contributed by atoms with Crippen LogP contribution >= 0.6 is 27.5 Å². The van der Waals surface area contributed by atoms with E-state index in [2.05, 4.69) is 15.9 Å². The smallest absolute Gasteiger partial charge is 0.143 e. The Morgan fingerprint density at radius 2 is 2.05 bits per heavy atom. The number of hydrogen-bond acceptors (Lipinski definition) is 2. The second kappa shape index (κ2) is 5.90. The zero-order chi connectivity index (χ0) is 14.0. The zero-order valence-corrected chi connectivity index (χ0v) is 12.4. The molecular weight excluding hydrogens is 335 g/mol. The number of methoxy groups -OCH3 is 1. The maximum Gasteiger partial charge on any atom is 0.143 e. The molecule has 2 aromatic rings. The summed E-state index contributed by atoms with van der Waals surface area (Å²) in [6, 6.07) is 9.62. The van der Waals surface area contributed by atoms with Gasteiger partial charge in [0, 0.05) is 5.56 Å². The van der Waals surface area contributed by atoms with E-state index in [0.717, 1.165) is 0 Å². The van der Waals surface area contributed by atoms with Crippen molar-refractivity contribution in [3.63, 3.8) is 0 Å². The van der Waals surface area contributed by atoms with E-state index in [1.807, 2.05) is 0 Å². The average molecular weight is 346 g/mol. The molecule has 0 fully saturated rings. The highest BCUT2D eigenvalue weighted by Crippen LogP contribution is 2.32. The molecular formula is C14H11BrClFO2. The van der Waals surface area contributed by atoms with Gasteiger partial charge in [0.15, 0.2) is 0 Å². The maximum atomic E-state index is 13.9. The number of aliphatic hydroxyl groups excluding tert-OH is 1.